The summed E-state index contributed by atoms with van der Waals surface area (Å²) in [5, 5.41) is 7.45. The van der Waals surface area contributed by atoms with E-state index in [1.165, 1.54) is 10.6 Å². The molecule has 2 aromatic carbocycles. The molecule has 0 bridgehead atoms. The van der Waals surface area contributed by atoms with Gasteiger partial charge in [0, 0.05) is 17.1 Å². The molecule has 0 fully saturated rings. The maximum atomic E-state index is 12.9. The molecule has 2 heterocycles. The minimum atomic E-state index is -0.314. The Balaban J connectivity index is 1.68. The van der Waals surface area contributed by atoms with E-state index in [1.807, 2.05) is 42.5 Å². The van der Waals surface area contributed by atoms with Gasteiger partial charge in [-0.3, -0.25) is 14.2 Å². The Kier molecular flexibility index (Phi) is 5.18. The van der Waals surface area contributed by atoms with Crippen molar-refractivity contribution >= 4 is 22.5 Å². The molecule has 1 N–H and O–H groups in total. The lowest BCUT2D eigenvalue weighted by Crippen LogP contribution is -2.27. The highest BCUT2D eigenvalue weighted by Gasteiger charge is 2.16. The Morgan fingerprint density at radius 1 is 1.13 bits per heavy atom. The van der Waals surface area contributed by atoms with Crippen LogP contribution in [0.5, 0.6) is 0 Å². The number of pyridine rings is 1. The van der Waals surface area contributed by atoms with Crippen LogP contribution in [0.3, 0.4) is 0 Å². The van der Waals surface area contributed by atoms with E-state index in [4.69, 9.17) is 4.52 Å². The fourth-order valence-corrected chi connectivity index (χ4v) is 3.40. The van der Waals surface area contributed by atoms with Gasteiger partial charge in [-0.2, -0.15) is 4.98 Å². The predicted molar refractivity (Wildman–Crippen MR) is 115 cm³/mol. The number of para-hydroxylation sites is 1. The number of aryl methyl sites for hydroxylation is 1. The maximum Gasteiger partial charge on any atom is 0.258 e. The van der Waals surface area contributed by atoms with Crippen LogP contribution in [0.1, 0.15) is 31.2 Å². The number of amides is 1. The van der Waals surface area contributed by atoms with Crippen LogP contribution in [-0.4, -0.2) is 20.6 Å². The van der Waals surface area contributed by atoms with Crippen molar-refractivity contribution in [1.82, 2.24) is 14.7 Å². The van der Waals surface area contributed by atoms with Crippen LogP contribution in [0.15, 0.2) is 63.9 Å². The second-order valence-electron chi connectivity index (χ2n) is 7.47. The molecule has 0 saturated carbocycles. The first-order valence-electron chi connectivity index (χ1n) is 9.75. The summed E-state index contributed by atoms with van der Waals surface area (Å²) in [5.74, 6) is 0.850. The van der Waals surface area contributed by atoms with Gasteiger partial charge < -0.3 is 9.84 Å². The lowest BCUT2D eigenvalue weighted by molar-refractivity contribution is -0.116. The third kappa shape index (κ3) is 3.87. The zero-order chi connectivity index (χ0) is 21.3. The molecular weight excluding hydrogens is 380 g/mol. The van der Waals surface area contributed by atoms with Crippen LogP contribution in [0.2, 0.25) is 0 Å². The molecule has 0 aliphatic heterocycles. The van der Waals surface area contributed by atoms with Crippen molar-refractivity contribution in [2.24, 2.45) is 0 Å². The maximum absolute atomic E-state index is 12.9. The number of nitrogens with zero attached hydrogens (tertiary/aromatic N) is 3. The largest absolute Gasteiger partial charge is 0.334 e. The van der Waals surface area contributed by atoms with E-state index < -0.39 is 0 Å². The summed E-state index contributed by atoms with van der Waals surface area (Å²) in [4.78, 5) is 29.8. The van der Waals surface area contributed by atoms with Crippen molar-refractivity contribution in [3.8, 4) is 11.5 Å². The van der Waals surface area contributed by atoms with Gasteiger partial charge in [-0.15, -0.1) is 0 Å². The molecule has 2 aromatic heterocycles. The number of aromatic nitrogens is 3. The van der Waals surface area contributed by atoms with E-state index in [2.05, 4.69) is 29.3 Å². The van der Waals surface area contributed by atoms with E-state index in [-0.39, 0.29) is 23.9 Å². The Morgan fingerprint density at radius 2 is 1.93 bits per heavy atom. The standard InChI is InChI=1S/C23H22N4O3/c1-14(2)16-7-6-8-17(11-16)25-21(28)13-27-20-10-5-4-9-18(20)19(12-22(27)29)23-24-15(3)26-30-23/h4-12,14H,13H2,1-3H3,(H,25,28). The van der Waals surface area contributed by atoms with Gasteiger partial charge in [0.1, 0.15) is 6.54 Å². The number of carbonyl (C=O) groups is 1. The number of hydrogen-bond acceptors (Lipinski definition) is 5. The summed E-state index contributed by atoms with van der Waals surface area (Å²) < 4.78 is 6.70. The molecule has 7 heteroatoms. The highest BCUT2D eigenvalue weighted by molar-refractivity contribution is 5.95. The summed E-state index contributed by atoms with van der Waals surface area (Å²) in [6, 6.07) is 16.5. The smallest absolute Gasteiger partial charge is 0.258 e. The van der Waals surface area contributed by atoms with E-state index in [0.29, 0.717) is 28.5 Å². The highest BCUT2D eigenvalue weighted by Crippen LogP contribution is 2.26. The van der Waals surface area contributed by atoms with Crippen LogP contribution in [-0.2, 0) is 11.3 Å². The summed E-state index contributed by atoms with van der Waals surface area (Å²) >= 11 is 0. The highest BCUT2D eigenvalue weighted by atomic mass is 16.5. The minimum absolute atomic E-state index is 0.103. The van der Waals surface area contributed by atoms with Crippen molar-refractivity contribution in [2.75, 3.05) is 5.32 Å². The molecule has 0 aliphatic carbocycles. The van der Waals surface area contributed by atoms with Crippen LogP contribution in [0.25, 0.3) is 22.4 Å². The van der Waals surface area contributed by atoms with E-state index in [9.17, 15) is 9.59 Å². The molecule has 7 nitrogen and oxygen atoms in total. The number of benzene rings is 2. The number of hydrogen-bond donors (Lipinski definition) is 1. The second-order valence-corrected chi connectivity index (χ2v) is 7.47. The zero-order valence-corrected chi connectivity index (χ0v) is 17.0. The molecule has 0 saturated heterocycles. The van der Waals surface area contributed by atoms with Gasteiger partial charge in [-0.05, 0) is 36.6 Å². The predicted octanol–water partition coefficient (Wildman–Crippen LogP) is 4.12. The normalized spacial score (nSPS) is 11.2. The fraction of sp³-hybridized carbons (Fsp3) is 0.217. The monoisotopic (exact) mass is 402 g/mol. The van der Waals surface area contributed by atoms with Gasteiger partial charge in [0.15, 0.2) is 5.82 Å². The van der Waals surface area contributed by atoms with Crippen molar-refractivity contribution in [3.05, 3.63) is 76.3 Å². The molecule has 0 atom stereocenters. The van der Waals surface area contributed by atoms with Gasteiger partial charge >= 0.3 is 0 Å². The molecule has 0 radical (unpaired) electrons. The van der Waals surface area contributed by atoms with E-state index in [1.54, 1.807) is 13.0 Å². The third-order valence-corrected chi connectivity index (χ3v) is 4.92. The van der Waals surface area contributed by atoms with Gasteiger partial charge in [0.25, 0.3) is 11.4 Å². The van der Waals surface area contributed by atoms with E-state index in [0.717, 1.165) is 10.9 Å². The van der Waals surface area contributed by atoms with Crippen molar-refractivity contribution in [2.45, 2.75) is 33.2 Å². The lowest BCUT2D eigenvalue weighted by Gasteiger charge is -2.13. The van der Waals surface area contributed by atoms with Gasteiger partial charge in [-0.25, -0.2) is 0 Å². The molecule has 0 spiro atoms. The van der Waals surface area contributed by atoms with Crippen molar-refractivity contribution in [1.29, 1.82) is 0 Å². The summed E-state index contributed by atoms with van der Waals surface area (Å²) in [6.07, 6.45) is 0. The topological polar surface area (TPSA) is 90.0 Å². The zero-order valence-electron chi connectivity index (χ0n) is 17.0. The summed E-state index contributed by atoms with van der Waals surface area (Å²) in [6.45, 7) is 5.81. The number of anilines is 1. The second kappa shape index (κ2) is 7.94. The first kappa shape index (κ1) is 19.6. The van der Waals surface area contributed by atoms with Crippen molar-refractivity contribution < 1.29 is 9.32 Å². The Bertz CT molecular complexity index is 1290. The molecule has 1 amide bonds. The molecule has 30 heavy (non-hydrogen) atoms. The minimum Gasteiger partial charge on any atom is -0.334 e. The molecule has 4 aromatic rings. The number of rotatable bonds is 5. The third-order valence-electron chi connectivity index (χ3n) is 4.92. The molecule has 4 rings (SSSR count). The number of carbonyl (C=O) groups excluding carboxylic acids is 1. The van der Waals surface area contributed by atoms with Crippen LogP contribution < -0.4 is 10.9 Å². The number of fused-ring (bicyclic) bond motifs is 1. The Labute approximate surface area is 173 Å². The average Bonchev–Trinajstić information content (AvgIpc) is 3.16. The first-order chi connectivity index (χ1) is 14.4. The first-order valence-corrected chi connectivity index (χ1v) is 9.75. The average molecular weight is 402 g/mol. The summed E-state index contributed by atoms with van der Waals surface area (Å²) in [7, 11) is 0. The van der Waals surface area contributed by atoms with E-state index >= 15 is 0 Å². The van der Waals surface area contributed by atoms with Crippen molar-refractivity contribution in [3.63, 3.8) is 0 Å². The van der Waals surface area contributed by atoms with Crippen LogP contribution >= 0.6 is 0 Å². The molecular formula is C23H22N4O3. The van der Waals surface area contributed by atoms with Crippen LogP contribution in [0, 0.1) is 6.92 Å². The number of nitrogens with one attached hydrogen (secondary N) is 1. The fourth-order valence-electron chi connectivity index (χ4n) is 3.40. The Hall–Kier alpha value is -3.74. The molecule has 0 unspecified atom stereocenters. The quantitative estimate of drug-likeness (QED) is 0.542. The van der Waals surface area contributed by atoms with Gasteiger partial charge in [0.05, 0.1) is 11.1 Å². The summed E-state index contributed by atoms with van der Waals surface area (Å²) in [5.41, 5.74) is 2.71. The SMILES string of the molecule is Cc1noc(-c2cc(=O)n(CC(=O)Nc3cccc(C(C)C)c3)c3ccccc23)n1. The molecule has 0 aliphatic rings. The lowest BCUT2D eigenvalue weighted by atomic mass is 10.0. The van der Waals surface area contributed by atoms with Gasteiger partial charge in [0.2, 0.25) is 5.91 Å². The Morgan fingerprint density at radius 3 is 2.67 bits per heavy atom. The van der Waals surface area contributed by atoms with Gasteiger partial charge in [-0.1, -0.05) is 49.3 Å². The molecule has 152 valence electrons. The van der Waals surface area contributed by atoms with Crippen LogP contribution in [0.4, 0.5) is 5.69 Å².